The fourth-order valence-electron chi connectivity index (χ4n) is 7.24. The van der Waals surface area contributed by atoms with Gasteiger partial charge in [0, 0.05) is 49.9 Å². The van der Waals surface area contributed by atoms with E-state index in [1.807, 2.05) is 12.1 Å². The minimum atomic E-state index is -0.932. The monoisotopic (exact) mass is 746 g/mol. The summed E-state index contributed by atoms with van der Waals surface area (Å²) >= 11 is 0. The number of aromatic nitrogens is 4. The predicted molar refractivity (Wildman–Crippen MR) is 208 cm³/mol. The number of nitrogens with one attached hydrogen (secondary N) is 2. The number of benzene rings is 4. The molecule has 10 heteroatoms. The van der Waals surface area contributed by atoms with Gasteiger partial charge in [0.2, 0.25) is 0 Å². The highest BCUT2D eigenvalue weighted by molar-refractivity contribution is 6.00. The van der Waals surface area contributed by atoms with Gasteiger partial charge in [0.05, 0.1) is 39.5 Å². The number of fused-ring (bicyclic) bond motifs is 8. The summed E-state index contributed by atoms with van der Waals surface area (Å²) in [5, 5.41) is 0. The number of halogens is 6. The molecule has 4 aromatic carbocycles. The van der Waals surface area contributed by atoms with Crippen LogP contribution in [-0.4, -0.2) is 19.9 Å². The van der Waals surface area contributed by atoms with E-state index < -0.39 is 40.5 Å². The zero-order valence-electron chi connectivity index (χ0n) is 28.9. The molecule has 3 aromatic heterocycles. The minimum absolute atomic E-state index is 0.0170. The number of hydrogen-bond donors (Lipinski definition) is 2. The van der Waals surface area contributed by atoms with E-state index in [9.17, 15) is 0 Å². The average molecular weight is 747 g/mol. The third-order valence-electron chi connectivity index (χ3n) is 9.73. The van der Waals surface area contributed by atoms with Crippen molar-refractivity contribution in [2.75, 3.05) is 0 Å². The summed E-state index contributed by atoms with van der Waals surface area (Å²) in [6.07, 6.45) is 11.6. The third kappa shape index (κ3) is 5.69. The van der Waals surface area contributed by atoms with Gasteiger partial charge in [-0.05, 0) is 103 Å². The van der Waals surface area contributed by atoms with Gasteiger partial charge in [0.15, 0.2) is 0 Å². The summed E-state index contributed by atoms with van der Waals surface area (Å²) in [4.78, 5) is 16.1. The van der Waals surface area contributed by atoms with Crippen molar-refractivity contribution in [1.29, 1.82) is 0 Å². The summed E-state index contributed by atoms with van der Waals surface area (Å²) in [5.74, 6) is -2.74. The van der Waals surface area contributed by atoms with Gasteiger partial charge in [0.25, 0.3) is 0 Å². The van der Waals surface area contributed by atoms with Crippen LogP contribution in [0.1, 0.15) is 28.3 Å². The van der Waals surface area contributed by atoms with Crippen molar-refractivity contribution in [2.45, 2.75) is 0 Å². The van der Waals surface area contributed by atoms with Crippen molar-refractivity contribution in [1.82, 2.24) is 19.9 Å². The molecule has 0 fully saturated rings. The lowest BCUT2D eigenvalue weighted by atomic mass is 10.0. The van der Waals surface area contributed by atoms with Gasteiger partial charge in [-0.1, -0.05) is 36.3 Å². The standard InChI is InChI=1S/C46H24F6N4/c1-2-24-12-14-25(15-13-24)40-32-16-18-34(53-32)44(41-26(47)6-3-7-27(41)48)36-20-22-38(55-36)46(43-30(51)10-5-11-31(43)52)39-23-21-37(56-39)45(35-19-17-33(40)54-35)42-28(49)8-4-9-29(42)50/h1,3-23,53-54H. The van der Waals surface area contributed by atoms with E-state index in [0.717, 1.165) is 36.4 Å². The molecule has 0 amide bonds. The quantitative estimate of drug-likeness (QED) is 0.139. The summed E-state index contributed by atoms with van der Waals surface area (Å²) < 4.78 is 94.4. The molecule has 0 aliphatic carbocycles. The maximum absolute atomic E-state index is 15.7. The van der Waals surface area contributed by atoms with E-state index in [4.69, 9.17) is 16.4 Å². The average Bonchev–Trinajstić information content (AvgIpc) is 4.03. The molecule has 0 spiro atoms. The molecule has 2 aliphatic heterocycles. The van der Waals surface area contributed by atoms with Crippen LogP contribution in [-0.2, 0) is 0 Å². The number of aromatic amines is 2. The minimum Gasteiger partial charge on any atom is -0.354 e. The van der Waals surface area contributed by atoms with Crippen molar-refractivity contribution in [3.8, 4) is 56.9 Å². The molecule has 2 N–H and O–H groups in total. The van der Waals surface area contributed by atoms with Crippen LogP contribution < -0.4 is 0 Å². The van der Waals surface area contributed by atoms with Gasteiger partial charge in [-0.25, -0.2) is 36.3 Å². The van der Waals surface area contributed by atoms with Crippen molar-refractivity contribution >= 4 is 46.4 Å². The Kier molecular flexibility index (Phi) is 8.28. The molecular formula is C46H24F6N4. The number of rotatable bonds is 4. The van der Waals surface area contributed by atoms with Gasteiger partial charge in [0.1, 0.15) is 34.9 Å². The van der Waals surface area contributed by atoms with Crippen LogP contribution in [0.5, 0.6) is 0 Å². The molecule has 56 heavy (non-hydrogen) atoms. The van der Waals surface area contributed by atoms with E-state index in [0.29, 0.717) is 27.7 Å². The van der Waals surface area contributed by atoms with Crippen LogP contribution in [0.25, 0.3) is 90.9 Å². The highest BCUT2D eigenvalue weighted by Crippen LogP contribution is 2.41. The SMILES string of the molecule is C#Cc1ccc(-c2c3ccc([nH]3)c(-c3c(F)cccc3F)c3nc(c(-c4c(F)cccc4F)c4nc(c(-c5c(F)cccc5F)c5ccc2[nH]5)C=C4)C=C3)cc1. The van der Waals surface area contributed by atoms with Crippen LogP contribution in [0.3, 0.4) is 0 Å². The molecule has 270 valence electrons. The number of hydrogen-bond acceptors (Lipinski definition) is 2. The van der Waals surface area contributed by atoms with Crippen molar-refractivity contribution in [3.63, 3.8) is 0 Å². The molecule has 0 radical (unpaired) electrons. The first-order chi connectivity index (χ1) is 27.2. The van der Waals surface area contributed by atoms with E-state index in [-0.39, 0.29) is 61.6 Å². The maximum atomic E-state index is 15.7. The third-order valence-corrected chi connectivity index (χ3v) is 9.73. The number of terminal acetylenes is 1. The molecule has 0 saturated heterocycles. The second-order valence-corrected chi connectivity index (χ2v) is 13.0. The largest absolute Gasteiger partial charge is 0.354 e. The topological polar surface area (TPSA) is 57.4 Å². The molecule has 8 bridgehead atoms. The van der Waals surface area contributed by atoms with Gasteiger partial charge < -0.3 is 9.97 Å². The number of nitrogens with zero attached hydrogens (tertiary/aromatic N) is 2. The first-order valence-corrected chi connectivity index (χ1v) is 17.3. The molecule has 0 unspecified atom stereocenters. The predicted octanol–water partition coefficient (Wildman–Crippen LogP) is 12.1. The van der Waals surface area contributed by atoms with Gasteiger partial charge in [-0.3, -0.25) is 0 Å². The fourth-order valence-corrected chi connectivity index (χ4v) is 7.24. The van der Waals surface area contributed by atoms with Crippen LogP contribution in [0, 0.1) is 47.2 Å². The lowest BCUT2D eigenvalue weighted by Crippen LogP contribution is -1.97. The highest BCUT2D eigenvalue weighted by atomic mass is 19.2. The Morgan fingerprint density at radius 2 is 0.696 bits per heavy atom. The Morgan fingerprint density at radius 1 is 0.375 bits per heavy atom. The molecule has 0 saturated carbocycles. The Balaban J connectivity index is 1.52. The Bertz CT molecular complexity index is 2850. The normalized spacial score (nSPS) is 11.9. The second kappa shape index (κ2) is 13.5. The smallest absolute Gasteiger partial charge is 0.134 e. The molecule has 4 nitrogen and oxygen atoms in total. The zero-order chi connectivity index (χ0) is 38.7. The van der Waals surface area contributed by atoms with Gasteiger partial charge in [-0.2, -0.15) is 0 Å². The molecule has 0 atom stereocenters. The van der Waals surface area contributed by atoms with Crippen LogP contribution >= 0.6 is 0 Å². The Labute approximate surface area is 315 Å². The summed E-state index contributed by atoms with van der Waals surface area (Å²) in [7, 11) is 0. The van der Waals surface area contributed by atoms with Crippen molar-refractivity contribution in [3.05, 3.63) is 166 Å². The van der Waals surface area contributed by atoms with Crippen molar-refractivity contribution in [2.24, 2.45) is 0 Å². The number of H-pyrrole nitrogens is 2. The Morgan fingerprint density at radius 3 is 1.05 bits per heavy atom. The highest BCUT2D eigenvalue weighted by Gasteiger charge is 2.25. The fraction of sp³-hybridized carbons (Fsp3) is 0. The molecular weight excluding hydrogens is 723 g/mol. The van der Waals surface area contributed by atoms with Crippen LogP contribution in [0.15, 0.2) is 103 Å². The molecule has 9 rings (SSSR count). The van der Waals surface area contributed by atoms with E-state index >= 15 is 26.3 Å². The van der Waals surface area contributed by atoms with Crippen molar-refractivity contribution < 1.29 is 26.3 Å². The van der Waals surface area contributed by atoms with E-state index in [1.165, 1.54) is 42.5 Å². The lowest BCUT2D eigenvalue weighted by Gasteiger charge is -2.09. The second-order valence-electron chi connectivity index (χ2n) is 13.0. The van der Waals surface area contributed by atoms with Crippen LogP contribution in [0.4, 0.5) is 26.3 Å². The summed E-state index contributed by atoms with van der Waals surface area (Å²) in [6, 6.07) is 24.2. The first kappa shape index (κ1) is 34.4. The maximum Gasteiger partial charge on any atom is 0.134 e. The van der Waals surface area contributed by atoms with E-state index in [1.54, 1.807) is 36.4 Å². The molecule has 7 aromatic rings. The Hall–Kier alpha value is -7.38. The zero-order valence-corrected chi connectivity index (χ0v) is 28.9. The molecule has 5 heterocycles. The first-order valence-electron chi connectivity index (χ1n) is 17.3. The molecule has 2 aliphatic rings. The van der Waals surface area contributed by atoms with Gasteiger partial charge >= 0.3 is 0 Å². The summed E-state index contributed by atoms with van der Waals surface area (Å²) in [5.41, 5.74) is 2.31. The summed E-state index contributed by atoms with van der Waals surface area (Å²) in [6.45, 7) is 0. The van der Waals surface area contributed by atoms with E-state index in [2.05, 4.69) is 15.9 Å². The van der Waals surface area contributed by atoms with Gasteiger partial charge in [-0.15, -0.1) is 6.42 Å². The lowest BCUT2D eigenvalue weighted by molar-refractivity contribution is 0.589. The van der Waals surface area contributed by atoms with Crippen LogP contribution in [0.2, 0.25) is 0 Å².